The lowest BCUT2D eigenvalue weighted by Gasteiger charge is -2.42. The van der Waals surface area contributed by atoms with Gasteiger partial charge < -0.3 is 21.7 Å². The zero-order valence-electron chi connectivity index (χ0n) is 22.0. The Labute approximate surface area is 234 Å². The molecule has 11 heteroatoms. The summed E-state index contributed by atoms with van der Waals surface area (Å²) in [6.45, 7) is 2.43. The summed E-state index contributed by atoms with van der Waals surface area (Å²) in [5, 5.41) is 10.3. The molecule has 0 spiro atoms. The number of hydrogen-bond acceptors (Lipinski definition) is 6. The summed E-state index contributed by atoms with van der Waals surface area (Å²) in [4.78, 5) is 13.6. The van der Waals surface area contributed by atoms with E-state index in [1.807, 2.05) is 24.3 Å². The molecule has 3 aliphatic heterocycles. The molecule has 212 valence electrons. The van der Waals surface area contributed by atoms with Gasteiger partial charge in [-0.25, -0.2) is 12.8 Å². The second kappa shape index (κ2) is 11.8. The lowest BCUT2D eigenvalue weighted by molar-refractivity contribution is -0.119. The third-order valence-corrected chi connectivity index (χ3v) is 10.9. The number of halogens is 2. The lowest BCUT2D eigenvalue weighted by atomic mass is 9.68. The van der Waals surface area contributed by atoms with Crippen LogP contribution in [0.4, 0.5) is 10.1 Å². The Morgan fingerprint density at radius 1 is 1.21 bits per heavy atom. The summed E-state index contributed by atoms with van der Waals surface area (Å²) in [6, 6.07) is 11.1. The fourth-order valence-electron chi connectivity index (χ4n) is 6.38. The number of piperazine rings is 1. The number of nitrogens with one attached hydrogen (secondary N) is 3. The number of sulfonamides is 1. The zero-order chi connectivity index (χ0) is 27.6. The van der Waals surface area contributed by atoms with Crippen molar-refractivity contribution in [2.45, 2.75) is 62.1 Å². The third kappa shape index (κ3) is 6.01. The van der Waals surface area contributed by atoms with Gasteiger partial charge in [-0.1, -0.05) is 29.8 Å². The highest BCUT2D eigenvalue weighted by Gasteiger charge is 2.43. The molecular formula is C28H37ClFN5O3S. The number of carbonyl (C=O) groups excluding carboxylic acids is 1. The summed E-state index contributed by atoms with van der Waals surface area (Å²) in [5.74, 6) is -0.669. The minimum absolute atomic E-state index is 0.144. The van der Waals surface area contributed by atoms with Crippen molar-refractivity contribution in [2.24, 2.45) is 5.73 Å². The standard InChI is InChI=1S/C28H37ClFN5O3S/c29-20-8-6-19(7-9-20)28(12-14-32-15-13-28)26(31)27(36)34-25-5-1-4-24(30)23(25)11-10-22-17-33-21-3-2-16-39(37,38)35(22)18-21/h1,4-9,21-22,26,32-33H,2-3,10-18,31H2,(H,34,36)/t21-,22+,26-/m1/s1. The maximum Gasteiger partial charge on any atom is 0.242 e. The number of amides is 1. The van der Waals surface area contributed by atoms with Gasteiger partial charge >= 0.3 is 0 Å². The fourth-order valence-corrected chi connectivity index (χ4v) is 8.31. The van der Waals surface area contributed by atoms with E-state index in [-0.39, 0.29) is 30.2 Å². The number of piperidine rings is 1. The van der Waals surface area contributed by atoms with E-state index in [0.29, 0.717) is 55.0 Å². The van der Waals surface area contributed by atoms with E-state index in [9.17, 15) is 13.2 Å². The fraction of sp³-hybridized carbons (Fsp3) is 0.536. The van der Waals surface area contributed by atoms with Crippen LogP contribution in [0.2, 0.25) is 5.02 Å². The lowest BCUT2D eigenvalue weighted by Crippen LogP contribution is -2.57. The van der Waals surface area contributed by atoms with Crippen molar-refractivity contribution in [3.05, 3.63) is 64.4 Å². The molecule has 3 fully saturated rings. The first-order chi connectivity index (χ1) is 18.7. The molecule has 4 atom stereocenters. The Bertz CT molecular complexity index is 1290. The maximum atomic E-state index is 15.1. The monoisotopic (exact) mass is 577 g/mol. The minimum Gasteiger partial charge on any atom is -0.324 e. The van der Waals surface area contributed by atoms with Crippen LogP contribution in [-0.2, 0) is 26.7 Å². The van der Waals surface area contributed by atoms with Crippen molar-refractivity contribution in [3.63, 3.8) is 0 Å². The molecule has 2 aromatic carbocycles. The number of benzene rings is 2. The topological polar surface area (TPSA) is 117 Å². The van der Waals surface area contributed by atoms with Crippen molar-refractivity contribution < 1.29 is 17.6 Å². The largest absolute Gasteiger partial charge is 0.324 e. The maximum absolute atomic E-state index is 15.1. The summed E-state index contributed by atoms with van der Waals surface area (Å²) >= 11 is 6.12. The number of rotatable bonds is 7. The Kier molecular flexibility index (Phi) is 8.61. The average molecular weight is 578 g/mol. The quantitative estimate of drug-likeness (QED) is 0.402. The van der Waals surface area contributed by atoms with Crippen LogP contribution in [0, 0.1) is 5.82 Å². The first-order valence-electron chi connectivity index (χ1n) is 13.7. The van der Waals surface area contributed by atoms with Crippen LogP contribution in [0.5, 0.6) is 0 Å². The van der Waals surface area contributed by atoms with Gasteiger partial charge in [0.25, 0.3) is 0 Å². The second-order valence-corrected chi connectivity index (χ2v) is 13.4. The van der Waals surface area contributed by atoms with Gasteiger partial charge in [-0.3, -0.25) is 4.79 Å². The number of fused-ring (bicyclic) bond motifs is 2. The van der Waals surface area contributed by atoms with Gasteiger partial charge in [-0.15, -0.1) is 0 Å². The van der Waals surface area contributed by atoms with Crippen LogP contribution in [0.25, 0.3) is 0 Å². The Balaban J connectivity index is 1.34. The highest BCUT2D eigenvalue weighted by molar-refractivity contribution is 7.89. The molecule has 3 saturated heterocycles. The molecule has 39 heavy (non-hydrogen) atoms. The normalized spacial score (nSPS) is 26.8. The van der Waals surface area contributed by atoms with Gasteiger partial charge in [-0.2, -0.15) is 4.31 Å². The SMILES string of the molecule is N[C@H](C(=O)Nc1cccc(F)c1CC[C@H]1CN[C@@H]2CCCS(=O)(=O)N1C2)C1(c2ccc(Cl)cc2)CCNCC1. The molecule has 2 aromatic rings. The van der Waals surface area contributed by atoms with Crippen molar-refractivity contribution in [1.82, 2.24) is 14.9 Å². The van der Waals surface area contributed by atoms with E-state index in [2.05, 4.69) is 16.0 Å². The molecule has 0 saturated carbocycles. The van der Waals surface area contributed by atoms with Crippen LogP contribution in [0.15, 0.2) is 42.5 Å². The first kappa shape index (κ1) is 28.4. The van der Waals surface area contributed by atoms with Crippen LogP contribution in [0.3, 0.4) is 0 Å². The zero-order valence-corrected chi connectivity index (χ0v) is 23.5. The summed E-state index contributed by atoms with van der Waals surface area (Å²) < 4.78 is 42.4. The molecule has 5 N–H and O–H groups in total. The molecule has 0 aliphatic carbocycles. The molecule has 1 unspecified atom stereocenters. The van der Waals surface area contributed by atoms with Crippen molar-refractivity contribution in [3.8, 4) is 0 Å². The van der Waals surface area contributed by atoms with Crippen molar-refractivity contribution in [2.75, 3.05) is 37.2 Å². The minimum atomic E-state index is -3.34. The van der Waals surface area contributed by atoms with E-state index in [1.54, 1.807) is 16.4 Å². The predicted molar refractivity (Wildman–Crippen MR) is 152 cm³/mol. The van der Waals surface area contributed by atoms with E-state index >= 15 is 4.39 Å². The van der Waals surface area contributed by atoms with Crippen LogP contribution in [-0.4, -0.2) is 68.7 Å². The molecule has 2 bridgehead atoms. The number of nitrogens with zero attached hydrogens (tertiary/aromatic N) is 1. The Morgan fingerprint density at radius 2 is 1.95 bits per heavy atom. The smallest absolute Gasteiger partial charge is 0.242 e. The summed E-state index contributed by atoms with van der Waals surface area (Å²) in [7, 11) is -3.34. The Morgan fingerprint density at radius 3 is 2.69 bits per heavy atom. The van der Waals surface area contributed by atoms with Crippen LogP contribution in [0.1, 0.15) is 43.2 Å². The van der Waals surface area contributed by atoms with Gasteiger partial charge in [0.2, 0.25) is 15.9 Å². The second-order valence-electron chi connectivity index (χ2n) is 11.0. The van der Waals surface area contributed by atoms with Gasteiger partial charge in [0.1, 0.15) is 5.82 Å². The molecule has 1 amide bonds. The third-order valence-electron chi connectivity index (χ3n) is 8.66. The van der Waals surface area contributed by atoms with Gasteiger partial charge in [0.15, 0.2) is 0 Å². The molecule has 3 aliphatic rings. The highest BCUT2D eigenvalue weighted by Crippen LogP contribution is 2.37. The van der Waals surface area contributed by atoms with Crippen molar-refractivity contribution in [1.29, 1.82) is 0 Å². The van der Waals surface area contributed by atoms with E-state index in [4.69, 9.17) is 17.3 Å². The first-order valence-corrected chi connectivity index (χ1v) is 15.7. The number of carbonyl (C=O) groups is 1. The average Bonchev–Trinajstić information content (AvgIpc) is 3.04. The summed E-state index contributed by atoms with van der Waals surface area (Å²) in [6.07, 6.45) is 3.56. The van der Waals surface area contributed by atoms with Gasteiger partial charge in [-0.05, 0) is 81.4 Å². The van der Waals surface area contributed by atoms with Crippen molar-refractivity contribution >= 4 is 33.2 Å². The van der Waals surface area contributed by atoms with Crippen LogP contribution >= 0.6 is 11.6 Å². The van der Waals surface area contributed by atoms with E-state index in [0.717, 1.165) is 25.1 Å². The number of nitrogens with two attached hydrogens (primary N) is 1. The van der Waals surface area contributed by atoms with E-state index < -0.39 is 27.3 Å². The molecule has 8 nitrogen and oxygen atoms in total. The molecule has 3 heterocycles. The molecule has 5 rings (SSSR count). The number of anilines is 1. The highest BCUT2D eigenvalue weighted by atomic mass is 35.5. The van der Waals surface area contributed by atoms with Gasteiger partial charge in [0.05, 0.1) is 11.8 Å². The van der Waals surface area contributed by atoms with E-state index in [1.165, 1.54) is 6.07 Å². The summed E-state index contributed by atoms with van der Waals surface area (Å²) in [5.41, 5.74) is 7.78. The molecular weight excluding hydrogens is 541 g/mol. The molecule has 0 radical (unpaired) electrons. The molecule has 0 aromatic heterocycles. The van der Waals surface area contributed by atoms with Gasteiger partial charge in [0, 0.05) is 46.9 Å². The number of hydrogen-bond donors (Lipinski definition) is 4. The Hall–Kier alpha value is -2.08. The predicted octanol–water partition coefficient (Wildman–Crippen LogP) is 2.76. The van der Waals surface area contributed by atoms with Crippen LogP contribution < -0.4 is 21.7 Å².